The van der Waals surface area contributed by atoms with E-state index in [4.69, 9.17) is 5.73 Å². The second-order valence-corrected chi connectivity index (χ2v) is 2.13. The third-order valence-electron chi connectivity index (χ3n) is 0.696. The molecule has 0 unspecified atom stereocenters. The van der Waals surface area contributed by atoms with Gasteiger partial charge >= 0.3 is 5.00 Å². The molecule has 0 aliphatic rings. The molecule has 2 N–H and O–H groups in total. The van der Waals surface area contributed by atoms with Crippen LogP contribution in [0, 0.1) is 10.1 Å². The van der Waals surface area contributed by atoms with Crippen LogP contribution in [0.3, 0.4) is 0 Å². The monoisotopic (exact) mass is 145 g/mol. The highest BCUT2D eigenvalue weighted by atomic mass is 32.1. The van der Waals surface area contributed by atoms with Gasteiger partial charge in [0.2, 0.25) is 0 Å². The smallest absolute Gasteiger partial charge is 0.345 e. The number of nitrogen functional groups attached to an aromatic ring is 1. The van der Waals surface area contributed by atoms with Gasteiger partial charge in [-0.1, -0.05) is 0 Å². The van der Waals surface area contributed by atoms with Crippen LogP contribution in [0.4, 0.5) is 10.8 Å². The van der Waals surface area contributed by atoms with Crippen LogP contribution in [0.2, 0.25) is 0 Å². The quantitative estimate of drug-likeness (QED) is 0.464. The highest BCUT2D eigenvalue weighted by molar-refractivity contribution is 7.09. The van der Waals surface area contributed by atoms with E-state index in [0.717, 1.165) is 11.5 Å². The summed E-state index contributed by atoms with van der Waals surface area (Å²) in [5.74, 6) is 0.201. The molecular formula is C3H3N3O2S. The highest BCUT2D eigenvalue weighted by Crippen LogP contribution is 2.19. The van der Waals surface area contributed by atoms with Crippen molar-refractivity contribution < 1.29 is 4.92 Å². The van der Waals surface area contributed by atoms with Crippen LogP contribution in [-0.4, -0.2) is 9.30 Å². The molecule has 1 rings (SSSR count). The molecule has 0 fully saturated rings. The summed E-state index contributed by atoms with van der Waals surface area (Å²) in [4.78, 5) is 9.41. The van der Waals surface area contributed by atoms with E-state index in [-0.39, 0.29) is 10.8 Å². The summed E-state index contributed by atoms with van der Waals surface area (Å²) in [6.45, 7) is 0. The summed E-state index contributed by atoms with van der Waals surface area (Å²) in [6.07, 6.45) is 0. The minimum atomic E-state index is -0.520. The van der Waals surface area contributed by atoms with Gasteiger partial charge in [-0.2, -0.15) is 4.37 Å². The van der Waals surface area contributed by atoms with Crippen LogP contribution in [0.25, 0.3) is 0 Å². The molecule has 6 heteroatoms. The first-order valence-electron chi connectivity index (χ1n) is 2.07. The number of hydrogen-bond acceptors (Lipinski definition) is 5. The maximum absolute atomic E-state index is 9.93. The first-order valence-corrected chi connectivity index (χ1v) is 2.84. The van der Waals surface area contributed by atoms with Gasteiger partial charge in [-0.15, -0.1) is 0 Å². The minimum Gasteiger partial charge on any atom is -0.383 e. The van der Waals surface area contributed by atoms with E-state index in [1.54, 1.807) is 0 Å². The molecular weight excluding hydrogens is 142 g/mol. The second-order valence-electron chi connectivity index (χ2n) is 1.35. The van der Waals surface area contributed by atoms with Crippen molar-refractivity contribution in [1.82, 2.24) is 4.37 Å². The largest absolute Gasteiger partial charge is 0.383 e. The average molecular weight is 145 g/mol. The van der Waals surface area contributed by atoms with E-state index in [2.05, 4.69) is 4.37 Å². The Morgan fingerprint density at radius 3 is 2.78 bits per heavy atom. The fraction of sp³-hybridized carbons (Fsp3) is 0. The van der Waals surface area contributed by atoms with Gasteiger partial charge in [0.1, 0.15) is 5.82 Å². The Kier molecular flexibility index (Phi) is 1.31. The van der Waals surface area contributed by atoms with Gasteiger partial charge < -0.3 is 5.73 Å². The third kappa shape index (κ3) is 1.14. The van der Waals surface area contributed by atoms with E-state index >= 15 is 0 Å². The lowest BCUT2D eigenvalue weighted by atomic mass is 10.6. The molecule has 0 aromatic carbocycles. The van der Waals surface area contributed by atoms with Crippen molar-refractivity contribution in [3.05, 3.63) is 16.2 Å². The maximum atomic E-state index is 9.93. The minimum absolute atomic E-state index is 0.0208. The molecule has 0 radical (unpaired) electrons. The predicted octanol–water partition coefficient (Wildman–Crippen LogP) is 0.633. The van der Waals surface area contributed by atoms with Crippen LogP contribution in [-0.2, 0) is 0 Å². The summed E-state index contributed by atoms with van der Waals surface area (Å²) in [5.41, 5.74) is 5.11. The summed E-state index contributed by atoms with van der Waals surface area (Å²) in [7, 11) is 0. The molecule has 1 heterocycles. The Labute approximate surface area is 54.4 Å². The van der Waals surface area contributed by atoms with Gasteiger partial charge in [0.25, 0.3) is 0 Å². The van der Waals surface area contributed by atoms with Crippen molar-refractivity contribution in [2.45, 2.75) is 0 Å². The lowest BCUT2D eigenvalue weighted by Crippen LogP contribution is -1.83. The van der Waals surface area contributed by atoms with Crippen LogP contribution in [0.15, 0.2) is 6.07 Å². The normalized spacial score (nSPS) is 9.33. The number of rotatable bonds is 1. The number of nitrogens with two attached hydrogens (primary N) is 1. The van der Waals surface area contributed by atoms with Gasteiger partial charge in [0.05, 0.1) is 11.0 Å². The maximum Gasteiger partial charge on any atom is 0.345 e. The van der Waals surface area contributed by atoms with Crippen molar-refractivity contribution in [3.8, 4) is 0 Å². The van der Waals surface area contributed by atoms with Gasteiger partial charge in [-0.3, -0.25) is 10.1 Å². The van der Waals surface area contributed by atoms with E-state index in [9.17, 15) is 10.1 Å². The first-order chi connectivity index (χ1) is 4.20. The van der Waals surface area contributed by atoms with Crippen LogP contribution < -0.4 is 5.73 Å². The summed E-state index contributed by atoms with van der Waals surface area (Å²) in [6, 6.07) is 1.23. The molecule has 0 saturated heterocycles. The van der Waals surface area contributed by atoms with Gasteiger partial charge in [0, 0.05) is 11.5 Å². The fourth-order valence-electron chi connectivity index (χ4n) is 0.365. The molecule has 1 aromatic rings. The molecule has 0 atom stereocenters. The van der Waals surface area contributed by atoms with E-state index in [0.29, 0.717) is 0 Å². The second kappa shape index (κ2) is 1.98. The molecule has 0 saturated carbocycles. The standard InChI is InChI=1S/C3H3N3O2S/c4-2-1-3(6(7)8)9-5-2/h1H,(H2,4,5). The fourth-order valence-corrected chi connectivity index (χ4v) is 0.856. The number of anilines is 1. The zero-order chi connectivity index (χ0) is 6.85. The molecule has 0 aliphatic carbocycles. The molecule has 1 aromatic heterocycles. The Morgan fingerprint density at radius 1 is 1.89 bits per heavy atom. The molecule has 0 aliphatic heterocycles. The lowest BCUT2D eigenvalue weighted by Gasteiger charge is -1.76. The van der Waals surface area contributed by atoms with Gasteiger partial charge in [0.15, 0.2) is 0 Å². The summed E-state index contributed by atoms with van der Waals surface area (Å²) in [5, 5.41) is 9.91. The third-order valence-corrected chi connectivity index (χ3v) is 1.45. The van der Waals surface area contributed by atoms with E-state index in [1.165, 1.54) is 6.07 Å². The number of hydrogen-bond donors (Lipinski definition) is 1. The highest BCUT2D eigenvalue weighted by Gasteiger charge is 2.08. The SMILES string of the molecule is Nc1cc([N+](=O)[O-])sn1. The number of aromatic nitrogens is 1. The zero-order valence-corrected chi connectivity index (χ0v) is 5.09. The Balaban J connectivity index is 2.98. The topological polar surface area (TPSA) is 82.0 Å². The molecule has 0 amide bonds. The summed E-state index contributed by atoms with van der Waals surface area (Å²) < 4.78 is 3.52. The zero-order valence-electron chi connectivity index (χ0n) is 4.27. The van der Waals surface area contributed by atoms with Crippen LogP contribution in [0.5, 0.6) is 0 Å². The Morgan fingerprint density at radius 2 is 2.56 bits per heavy atom. The molecule has 0 bridgehead atoms. The van der Waals surface area contributed by atoms with Crippen molar-refractivity contribution in [2.24, 2.45) is 0 Å². The van der Waals surface area contributed by atoms with Gasteiger partial charge in [-0.05, 0) is 0 Å². The first kappa shape index (κ1) is 5.96. The van der Waals surface area contributed by atoms with Crippen molar-refractivity contribution in [3.63, 3.8) is 0 Å². The van der Waals surface area contributed by atoms with Crippen molar-refractivity contribution in [1.29, 1.82) is 0 Å². The Hall–Kier alpha value is -1.17. The average Bonchev–Trinajstić information content (AvgIpc) is 2.14. The molecule has 48 valence electrons. The molecule has 9 heavy (non-hydrogen) atoms. The van der Waals surface area contributed by atoms with E-state index in [1.807, 2.05) is 0 Å². The number of nitrogens with zero attached hydrogens (tertiary/aromatic N) is 2. The van der Waals surface area contributed by atoms with E-state index < -0.39 is 4.92 Å². The lowest BCUT2D eigenvalue weighted by molar-refractivity contribution is -0.380. The molecule has 0 spiro atoms. The summed E-state index contributed by atoms with van der Waals surface area (Å²) >= 11 is 0.784. The Bertz CT molecular complexity index is 233. The van der Waals surface area contributed by atoms with Crippen LogP contribution in [0.1, 0.15) is 0 Å². The van der Waals surface area contributed by atoms with Crippen molar-refractivity contribution >= 4 is 22.4 Å². The predicted molar refractivity (Wildman–Crippen MR) is 33.2 cm³/mol. The number of nitro groups is 1. The van der Waals surface area contributed by atoms with Crippen molar-refractivity contribution in [2.75, 3.05) is 5.73 Å². The van der Waals surface area contributed by atoms with Gasteiger partial charge in [-0.25, -0.2) is 0 Å². The van der Waals surface area contributed by atoms with Crippen LogP contribution >= 0.6 is 11.5 Å². The molecule has 5 nitrogen and oxygen atoms in total.